The molecule has 3 nitrogen and oxygen atoms in total. The van der Waals surface area contributed by atoms with Crippen molar-refractivity contribution in [2.45, 2.75) is 31.7 Å². The van der Waals surface area contributed by atoms with Crippen molar-refractivity contribution in [3.05, 3.63) is 29.3 Å². The third-order valence-electron chi connectivity index (χ3n) is 3.86. The Morgan fingerprint density at radius 2 is 2.22 bits per heavy atom. The van der Waals surface area contributed by atoms with E-state index in [-0.39, 0.29) is 5.54 Å². The van der Waals surface area contributed by atoms with Crippen molar-refractivity contribution >= 4 is 0 Å². The number of likely N-dealkylation sites (N-methyl/N-ethyl adjacent to an activating group) is 1. The highest BCUT2D eigenvalue weighted by Gasteiger charge is 2.32. The van der Waals surface area contributed by atoms with Crippen molar-refractivity contribution < 1.29 is 4.74 Å². The fourth-order valence-electron chi connectivity index (χ4n) is 2.88. The summed E-state index contributed by atoms with van der Waals surface area (Å²) in [4.78, 5) is 2.31. The van der Waals surface area contributed by atoms with Gasteiger partial charge in [-0.2, -0.15) is 0 Å². The van der Waals surface area contributed by atoms with Crippen LogP contribution in [0.15, 0.2) is 18.2 Å². The number of nitrogens with two attached hydrogens (primary N) is 1. The number of hydrogen-bond donors (Lipinski definition) is 1. The van der Waals surface area contributed by atoms with Gasteiger partial charge in [0.25, 0.3) is 0 Å². The highest BCUT2D eigenvalue weighted by molar-refractivity contribution is 5.38. The lowest BCUT2D eigenvalue weighted by molar-refractivity contribution is 0.366. The lowest BCUT2D eigenvalue weighted by Gasteiger charge is -2.24. The maximum absolute atomic E-state index is 6.47. The molecule has 2 rings (SSSR count). The van der Waals surface area contributed by atoms with Crippen LogP contribution in [0.5, 0.6) is 5.75 Å². The highest BCUT2D eigenvalue weighted by Crippen LogP contribution is 2.26. The van der Waals surface area contributed by atoms with Crippen molar-refractivity contribution in [3.63, 3.8) is 0 Å². The van der Waals surface area contributed by atoms with E-state index in [0.717, 1.165) is 38.1 Å². The van der Waals surface area contributed by atoms with Crippen LogP contribution in [0.4, 0.5) is 0 Å². The van der Waals surface area contributed by atoms with E-state index in [9.17, 15) is 0 Å². The monoisotopic (exact) mass is 248 g/mol. The summed E-state index contributed by atoms with van der Waals surface area (Å²) in [5, 5.41) is 0. The normalized spacial score (nSPS) is 24.4. The largest absolute Gasteiger partial charge is 0.496 e. The molecular weight excluding hydrogens is 224 g/mol. The summed E-state index contributed by atoms with van der Waals surface area (Å²) in [7, 11) is 3.87. The van der Waals surface area contributed by atoms with Gasteiger partial charge >= 0.3 is 0 Å². The van der Waals surface area contributed by atoms with Gasteiger partial charge in [-0.25, -0.2) is 0 Å². The second-order valence-corrected chi connectivity index (χ2v) is 5.53. The molecule has 0 bridgehead atoms. The molecule has 0 spiro atoms. The highest BCUT2D eigenvalue weighted by atomic mass is 16.5. The molecular formula is C15H24N2O. The van der Waals surface area contributed by atoms with Gasteiger partial charge in [-0.15, -0.1) is 0 Å². The maximum atomic E-state index is 6.47. The number of ether oxygens (including phenoxy) is 1. The lowest BCUT2D eigenvalue weighted by atomic mass is 9.90. The molecule has 0 amide bonds. The van der Waals surface area contributed by atoms with Crippen LogP contribution >= 0.6 is 0 Å². The van der Waals surface area contributed by atoms with E-state index >= 15 is 0 Å². The summed E-state index contributed by atoms with van der Waals surface area (Å²) in [6.45, 7) is 4.25. The van der Waals surface area contributed by atoms with Crippen LogP contribution in [0.1, 0.15) is 24.5 Å². The quantitative estimate of drug-likeness (QED) is 0.883. The second-order valence-electron chi connectivity index (χ2n) is 5.53. The van der Waals surface area contributed by atoms with Crippen LogP contribution in [-0.4, -0.2) is 37.7 Å². The zero-order valence-electron chi connectivity index (χ0n) is 11.7. The van der Waals surface area contributed by atoms with Gasteiger partial charge < -0.3 is 15.4 Å². The molecule has 1 heterocycles. The topological polar surface area (TPSA) is 38.5 Å². The van der Waals surface area contributed by atoms with Gasteiger partial charge in [0, 0.05) is 12.1 Å². The van der Waals surface area contributed by atoms with E-state index in [1.807, 2.05) is 0 Å². The third-order valence-corrected chi connectivity index (χ3v) is 3.86. The fraction of sp³-hybridized carbons (Fsp3) is 0.600. The Morgan fingerprint density at radius 1 is 1.44 bits per heavy atom. The Balaban J connectivity index is 2.14. The number of aryl methyl sites for hydroxylation is 1. The van der Waals surface area contributed by atoms with Crippen LogP contribution in [0.2, 0.25) is 0 Å². The molecule has 100 valence electrons. The molecule has 1 unspecified atom stereocenters. The molecule has 0 aromatic heterocycles. The van der Waals surface area contributed by atoms with E-state index in [0.29, 0.717) is 0 Å². The molecule has 1 aromatic carbocycles. The van der Waals surface area contributed by atoms with E-state index < -0.39 is 0 Å². The average molecular weight is 248 g/mol. The van der Waals surface area contributed by atoms with Gasteiger partial charge in [-0.3, -0.25) is 0 Å². The number of nitrogens with zero attached hydrogens (tertiary/aromatic N) is 1. The Bertz CT molecular complexity index is 419. The smallest absolute Gasteiger partial charge is 0.122 e. The predicted octanol–water partition coefficient (Wildman–Crippen LogP) is 1.83. The average Bonchev–Trinajstić information content (AvgIpc) is 2.68. The number of likely N-dealkylation sites (tertiary alicyclic amines) is 1. The van der Waals surface area contributed by atoms with Gasteiger partial charge in [-0.05, 0) is 50.0 Å². The molecule has 3 heteroatoms. The summed E-state index contributed by atoms with van der Waals surface area (Å²) in [5.74, 6) is 0.982. The number of methoxy groups -OCH3 is 1. The molecule has 0 aliphatic carbocycles. The minimum atomic E-state index is -0.0612. The first-order chi connectivity index (χ1) is 8.56. The molecule has 1 saturated heterocycles. The molecule has 0 radical (unpaired) electrons. The van der Waals surface area contributed by atoms with Gasteiger partial charge in [0.2, 0.25) is 0 Å². The summed E-state index contributed by atoms with van der Waals surface area (Å²) >= 11 is 0. The molecule has 1 atom stereocenters. The SMILES string of the molecule is CCc1cc(CC2(N)CCN(C)C2)ccc1OC. The second kappa shape index (κ2) is 5.29. The molecule has 2 N–H and O–H groups in total. The first-order valence-electron chi connectivity index (χ1n) is 6.69. The predicted molar refractivity (Wildman–Crippen MR) is 75.1 cm³/mol. The van der Waals surface area contributed by atoms with Crippen molar-refractivity contribution in [1.29, 1.82) is 0 Å². The summed E-state index contributed by atoms with van der Waals surface area (Å²) in [6.07, 6.45) is 3.03. The number of rotatable bonds is 4. The molecule has 0 saturated carbocycles. The van der Waals surface area contributed by atoms with Gasteiger partial charge in [-0.1, -0.05) is 19.1 Å². The van der Waals surface area contributed by atoms with Crippen LogP contribution < -0.4 is 10.5 Å². The van der Waals surface area contributed by atoms with Crippen LogP contribution in [0.25, 0.3) is 0 Å². The van der Waals surface area contributed by atoms with Gasteiger partial charge in [0.05, 0.1) is 7.11 Å². The van der Waals surface area contributed by atoms with Crippen molar-refractivity contribution in [1.82, 2.24) is 4.90 Å². The summed E-state index contributed by atoms with van der Waals surface area (Å²) < 4.78 is 5.36. The Labute approximate surface area is 110 Å². The molecule has 18 heavy (non-hydrogen) atoms. The Hall–Kier alpha value is -1.06. The zero-order valence-corrected chi connectivity index (χ0v) is 11.7. The van der Waals surface area contributed by atoms with Crippen molar-refractivity contribution in [2.24, 2.45) is 5.73 Å². The first-order valence-corrected chi connectivity index (χ1v) is 6.69. The Kier molecular flexibility index (Phi) is 3.93. The van der Waals surface area contributed by atoms with Crippen LogP contribution in [-0.2, 0) is 12.8 Å². The van der Waals surface area contributed by atoms with Crippen molar-refractivity contribution in [3.8, 4) is 5.75 Å². The number of benzene rings is 1. The first kappa shape index (κ1) is 13.4. The zero-order chi connectivity index (χ0) is 13.2. The van der Waals surface area contributed by atoms with Crippen LogP contribution in [0.3, 0.4) is 0 Å². The fourth-order valence-corrected chi connectivity index (χ4v) is 2.88. The standard InChI is InChI=1S/C15H24N2O/c1-4-13-9-12(5-6-14(13)18-3)10-15(16)7-8-17(2)11-15/h5-6,9H,4,7-8,10-11,16H2,1-3H3. The van der Waals surface area contributed by atoms with Gasteiger partial charge in [0.15, 0.2) is 0 Å². The minimum Gasteiger partial charge on any atom is -0.496 e. The number of hydrogen-bond acceptors (Lipinski definition) is 3. The van der Waals surface area contributed by atoms with E-state index in [2.05, 4.69) is 37.1 Å². The lowest BCUT2D eigenvalue weighted by Crippen LogP contribution is -2.44. The summed E-state index contributed by atoms with van der Waals surface area (Å²) in [5.41, 5.74) is 9.00. The molecule has 1 aliphatic rings. The van der Waals surface area contributed by atoms with Crippen LogP contribution in [0, 0.1) is 0 Å². The van der Waals surface area contributed by atoms with E-state index in [1.54, 1.807) is 7.11 Å². The Morgan fingerprint density at radius 3 is 2.78 bits per heavy atom. The molecule has 1 aromatic rings. The molecule has 1 aliphatic heterocycles. The van der Waals surface area contributed by atoms with Crippen molar-refractivity contribution in [2.75, 3.05) is 27.2 Å². The molecule has 1 fully saturated rings. The van der Waals surface area contributed by atoms with Gasteiger partial charge in [0.1, 0.15) is 5.75 Å². The minimum absolute atomic E-state index is 0.0612. The van der Waals surface area contributed by atoms with E-state index in [1.165, 1.54) is 11.1 Å². The maximum Gasteiger partial charge on any atom is 0.122 e. The third kappa shape index (κ3) is 2.85. The summed E-state index contributed by atoms with van der Waals surface area (Å²) in [6, 6.07) is 6.45. The van der Waals surface area contributed by atoms with E-state index in [4.69, 9.17) is 10.5 Å².